The Balaban J connectivity index is 2.11. The van der Waals surface area contributed by atoms with Gasteiger partial charge in [-0.3, -0.25) is 0 Å². The van der Waals surface area contributed by atoms with Crippen LogP contribution in [0, 0.1) is 0 Å². The SMILES string of the molecule is CCOc1ccccc1NC(=O)N1CCOCC1C(=O)O. The second kappa shape index (κ2) is 6.94. The Hall–Kier alpha value is -2.28. The molecule has 1 aromatic rings. The lowest BCUT2D eigenvalue weighted by atomic mass is 10.2. The van der Waals surface area contributed by atoms with E-state index in [0.29, 0.717) is 24.7 Å². The van der Waals surface area contributed by atoms with Crippen molar-refractivity contribution in [2.24, 2.45) is 0 Å². The molecular formula is C14H18N2O5. The van der Waals surface area contributed by atoms with Crippen molar-refractivity contribution < 1.29 is 24.2 Å². The monoisotopic (exact) mass is 294 g/mol. The number of ether oxygens (including phenoxy) is 2. The van der Waals surface area contributed by atoms with Crippen LogP contribution >= 0.6 is 0 Å². The summed E-state index contributed by atoms with van der Waals surface area (Å²) in [6.07, 6.45) is 0. The van der Waals surface area contributed by atoms with Crippen LogP contribution in [-0.4, -0.2) is 54.4 Å². The lowest BCUT2D eigenvalue weighted by molar-refractivity contribution is -0.147. The Kier molecular flexibility index (Phi) is 4.99. The van der Waals surface area contributed by atoms with Crippen molar-refractivity contribution in [2.45, 2.75) is 13.0 Å². The van der Waals surface area contributed by atoms with Crippen LogP contribution in [0.1, 0.15) is 6.92 Å². The molecule has 1 atom stereocenters. The third-order valence-corrected chi connectivity index (χ3v) is 3.10. The Morgan fingerprint density at radius 1 is 1.48 bits per heavy atom. The number of aliphatic carboxylic acids is 1. The molecule has 0 bridgehead atoms. The van der Waals surface area contributed by atoms with E-state index in [2.05, 4.69) is 5.32 Å². The van der Waals surface area contributed by atoms with Crippen LogP contribution in [0.15, 0.2) is 24.3 Å². The van der Waals surface area contributed by atoms with Gasteiger partial charge in [0, 0.05) is 6.54 Å². The molecule has 1 aromatic carbocycles. The van der Waals surface area contributed by atoms with Gasteiger partial charge in [-0.2, -0.15) is 0 Å². The van der Waals surface area contributed by atoms with Gasteiger partial charge in [0.2, 0.25) is 0 Å². The number of amides is 2. The minimum absolute atomic E-state index is 0.00411. The number of carbonyl (C=O) groups excluding carboxylic acids is 1. The Morgan fingerprint density at radius 3 is 2.95 bits per heavy atom. The molecule has 7 nitrogen and oxygen atoms in total. The number of carbonyl (C=O) groups is 2. The Bertz CT molecular complexity index is 520. The van der Waals surface area contributed by atoms with Gasteiger partial charge < -0.3 is 24.8 Å². The summed E-state index contributed by atoms with van der Waals surface area (Å²) < 4.78 is 10.5. The molecule has 1 aliphatic heterocycles. The molecule has 1 fully saturated rings. The van der Waals surface area contributed by atoms with Gasteiger partial charge in [0.05, 0.1) is 25.5 Å². The summed E-state index contributed by atoms with van der Waals surface area (Å²) in [4.78, 5) is 24.7. The van der Waals surface area contributed by atoms with E-state index in [1.807, 2.05) is 6.92 Å². The van der Waals surface area contributed by atoms with Gasteiger partial charge >= 0.3 is 12.0 Å². The fourth-order valence-corrected chi connectivity index (χ4v) is 2.09. The van der Waals surface area contributed by atoms with Crippen molar-refractivity contribution >= 4 is 17.7 Å². The zero-order valence-corrected chi connectivity index (χ0v) is 11.7. The van der Waals surface area contributed by atoms with Crippen LogP contribution < -0.4 is 10.1 Å². The van der Waals surface area contributed by atoms with Gasteiger partial charge in [-0.25, -0.2) is 9.59 Å². The minimum atomic E-state index is -1.08. The Morgan fingerprint density at radius 2 is 2.24 bits per heavy atom. The zero-order valence-electron chi connectivity index (χ0n) is 11.7. The van der Waals surface area contributed by atoms with Gasteiger partial charge in [0.15, 0.2) is 6.04 Å². The molecule has 1 unspecified atom stereocenters. The number of benzene rings is 1. The normalized spacial score (nSPS) is 18.1. The van der Waals surface area contributed by atoms with E-state index < -0.39 is 18.0 Å². The first-order valence-corrected chi connectivity index (χ1v) is 6.73. The van der Waals surface area contributed by atoms with Crippen molar-refractivity contribution in [3.05, 3.63) is 24.3 Å². The zero-order chi connectivity index (χ0) is 15.2. The first-order valence-electron chi connectivity index (χ1n) is 6.73. The van der Waals surface area contributed by atoms with E-state index in [-0.39, 0.29) is 13.2 Å². The van der Waals surface area contributed by atoms with Gasteiger partial charge in [0.1, 0.15) is 5.75 Å². The third kappa shape index (κ3) is 3.63. The molecule has 0 saturated carbocycles. The highest BCUT2D eigenvalue weighted by Crippen LogP contribution is 2.24. The molecule has 2 N–H and O–H groups in total. The lowest BCUT2D eigenvalue weighted by Gasteiger charge is -2.32. The number of para-hydroxylation sites is 2. The molecule has 7 heteroatoms. The number of anilines is 1. The number of morpholine rings is 1. The third-order valence-electron chi connectivity index (χ3n) is 3.10. The van der Waals surface area contributed by atoms with E-state index >= 15 is 0 Å². The second-order valence-electron chi connectivity index (χ2n) is 4.48. The topological polar surface area (TPSA) is 88.1 Å². The van der Waals surface area contributed by atoms with Crippen molar-refractivity contribution in [3.8, 4) is 5.75 Å². The summed E-state index contributed by atoms with van der Waals surface area (Å²) in [5.41, 5.74) is 0.514. The predicted octanol–water partition coefficient (Wildman–Crippen LogP) is 1.40. The summed E-state index contributed by atoms with van der Waals surface area (Å²) >= 11 is 0. The number of carboxylic acid groups (broad SMARTS) is 1. The summed E-state index contributed by atoms with van der Waals surface area (Å²) in [5.74, 6) is -0.531. The molecule has 2 rings (SSSR count). The van der Waals surface area contributed by atoms with Crippen molar-refractivity contribution in [1.29, 1.82) is 0 Å². The fraction of sp³-hybridized carbons (Fsp3) is 0.429. The molecule has 114 valence electrons. The second-order valence-corrected chi connectivity index (χ2v) is 4.48. The summed E-state index contributed by atoms with van der Waals surface area (Å²) in [6.45, 7) is 2.88. The molecule has 21 heavy (non-hydrogen) atoms. The van der Waals surface area contributed by atoms with Crippen LogP contribution in [0.25, 0.3) is 0 Å². The lowest BCUT2D eigenvalue weighted by Crippen LogP contribution is -2.53. The highest BCUT2D eigenvalue weighted by atomic mass is 16.5. The first-order chi connectivity index (χ1) is 10.1. The standard InChI is InChI=1S/C14H18N2O5/c1-2-21-12-6-4-3-5-10(12)15-14(19)16-7-8-20-9-11(16)13(17)18/h3-6,11H,2,7-9H2,1H3,(H,15,19)(H,17,18). The van der Waals surface area contributed by atoms with Crippen molar-refractivity contribution in [2.75, 3.05) is 31.7 Å². The maximum atomic E-state index is 12.3. The van der Waals surface area contributed by atoms with Crippen molar-refractivity contribution in [3.63, 3.8) is 0 Å². The van der Waals surface area contributed by atoms with E-state index in [4.69, 9.17) is 14.6 Å². The highest BCUT2D eigenvalue weighted by molar-refractivity contribution is 5.93. The molecule has 0 spiro atoms. The van der Waals surface area contributed by atoms with E-state index in [1.54, 1.807) is 24.3 Å². The van der Waals surface area contributed by atoms with Crippen LogP contribution in [0.4, 0.5) is 10.5 Å². The largest absolute Gasteiger partial charge is 0.492 e. The molecule has 1 aliphatic rings. The molecular weight excluding hydrogens is 276 g/mol. The molecule has 0 aliphatic carbocycles. The maximum Gasteiger partial charge on any atom is 0.328 e. The summed E-state index contributed by atoms with van der Waals surface area (Å²) in [5, 5.41) is 11.8. The van der Waals surface area contributed by atoms with Crippen LogP contribution in [0.3, 0.4) is 0 Å². The van der Waals surface area contributed by atoms with Gasteiger partial charge in [-0.15, -0.1) is 0 Å². The molecule has 0 radical (unpaired) electrons. The average molecular weight is 294 g/mol. The number of hydrogen-bond donors (Lipinski definition) is 2. The number of hydrogen-bond acceptors (Lipinski definition) is 4. The fourth-order valence-electron chi connectivity index (χ4n) is 2.09. The average Bonchev–Trinajstić information content (AvgIpc) is 2.49. The van der Waals surface area contributed by atoms with Gasteiger partial charge in [-0.1, -0.05) is 12.1 Å². The highest BCUT2D eigenvalue weighted by Gasteiger charge is 2.33. The molecule has 1 heterocycles. The smallest absolute Gasteiger partial charge is 0.328 e. The molecule has 1 saturated heterocycles. The summed E-state index contributed by atoms with van der Waals surface area (Å²) in [7, 11) is 0. The Labute approximate surface area is 122 Å². The van der Waals surface area contributed by atoms with E-state index in [1.165, 1.54) is 4.90 Å². The predicted molar refractivity (Wildman–Crippen MR) is 75.6 cm³/mol. The van der Waals surface area contributed by atoms with E-state index in [0.717, 1.165) is 0 Å². The van der Waals surface area contributed by atoms with Gasteiger partial charge in [-0.05, 0) is 19.1 Å². The first kappa shape index (κ1) is 15.1. The van der Waals surface area contributed by atoms with Gasteiger partial charge in [0.25, 0.3) is 0 Å². The quantitative estimate of drug-likeness (QED) is 0.876. The molecule has 2 amide bonds. The molecule has 0 aromatic heterocycles. The number of carboxylic acids is 1. The van der Waals surface area contributed by atoms with E-state index in [9.17, 15) is 9.59 Å². The number of nitrogens with zero attached hydrogens (tertiary/aromatic N) is 1. The van der Waals surface area contributed by atoms with Crippen LogP contribution in [0.5, 0.6) is 5.75 Å². The maximum absolute atomic E-state index is 12.3. The number of urea groups is 1. The number of rotatable bonds is 4. The summed E-state index contributed by atoms with van der Waals surface area (Å²) in [6, 6.07) is 5.57. The van der Waals surface area contributed by atoms with Crippen molar-refractivity contribution in [1.82, 2.24) is 4.90 Å². The number of nitrogens with one attached hydrogen (secondary N) is 1. The van der Waals surface area contributed by atoms with Crippen LogP contribution in [0.2, 0.25) is 0 Å². The van der Waals surface area contributed by atoms with Crippen LogP contribution in [-0.2, 0) is 9.53 Å². The minimum Gasteiger partial charge on any atom is -0.492 e.